The zero-order chi connectivity index (χ0) is 34.0. The van der Waals surface area contributed by atoms with Gasteiger partial charge in [0.2, 0.25) is 0 Å². The highest BCUT2D eigenvalue weighted by Crippen LogP contribution is 2.55. The molecule has 0 heteroatoms. The minimum absolute atomic E-state index is 0.0588. The topological polar surface area (TPSA) is 0 Å². The minimum atomic E-state index is -0.0864. The largest absolute Gasteiger partial charge is 0.0616 e. The van der Waals surface area contributed by atoms with E-state index in [0.29, 0.717) is 0 Å². The number of rotatable bonds is 2. The van der Waals surface area contributed by atoms with Gasteiger partial charge in [0.15, 0.2) is 0 Å². The third kappa shape index (κ3) is 4.23. The Hall–Kier alpha value is -4.94. The Morgan fingerprint density at radius 1 is 0.408 bits per heavy atom. The van der Waals surface area contributed by atoms with E-state index in [9.17, 15) is 0 Å². The SMILES string of the molecule is Cc1ccc2c(c1)C(C)(C)c1cc(-c3ccc(-c4cc5c(c6ccccc46)-c4ccc(C(C)(C)C)cc4C5(C)C)cc3)c3ccccc3c1-2. The summed E-state index contributed by atoms with van der Waals surface area (Å²) < 4.78 is 0. The zero-order valence-electron chi connectivity index (χ0n) is 30.0. The van der Waals surface area contributed by atoms with E-state index in [0.717, 1.165) is 0 Å². The molecule has 49 heavy (non-hydrogen) atoms. The summed E-state index contributed by atoms with van der Waals surface area (Å²) in [6.45, 7) is 18.7. The van der Waals surface area contributed by atoms with Gasteiger partial charge in [-0.3, -0.25) is 0 Å². The molecule has 0 bridgehead atoms. The monoisotopic (exact) mass is 632 g/mol. The first-order valence-electron chi connectivity index (χ1n) is 17.9. The molecule has 0 radical (unpaired) electrons. The van der Waals surface area contributed by atoms with E-state index in [1.807, 2.05) is 0 Å². The Balaban J connectivity index is 1.20. The van der Waals surface area contributed by atoms with Crippen LogP contribution in [0.15, 0.2) is 121 Å². The molecule has 9 rings (SSSR count). The van der Waals surface area contributed by atoms with Crippen molar-refractivity contribution in [1.29, 1.82) is 0 Å². The van der Waals surface area contributed by atoms with Gasteiger partial charge < -0.3 is 0 Å². The zero-order valence-corrected chi connectivity index (χ0v) is 30.0. The van der Waals surface area contributed by atoms with Crippen LogP contribution in [0.3, 0.4) is 0 Å². The molecule has 0 N–H and O–H groups in total. The first-order valence-corrected chi connectivity index (χ1v) is 17.9. The molecule has 0 atom stereocenters. The molecule has 2 aliphatic rings. The Kier molecular flexibility index (Phi) is 6.18. The normalized spacial score (nSPS) is 15.3. The average Bonchev–Trinajstić information content (AvgIpc) is 3.46. The predicted octanol–water partition coefficient (Wildman–Crippen LogP) is 13.5. The van der Waals surface area contributed by atoms with Gasteiger partial charge in [-0.1, -0.05) is 163 Å². The fraction of sp³-hybridized carbons (Fsp3) is 0.224. The van der Waals surface area contributed by atoms with E-state index in [1.54, 1.807) is 0 Å². The highest BCUT2D eigenvalue weighted by Gasteiger charge is 2.39. The van der Waals surface area contributed by atoms with Gasteiger partial charge in [0, 0.05) is 10.8 Å². The van der Waals surface area contributed by atoms with Crippen LogP contribution in [0.5, 0.6) is 0 Å². The van der Waals surface area contributed by atoms with Crippen LogP contribution in [0.25, 0.3) is 66.1 Å². The van der Waals surface area contributed by atoms with Crippen LogP contribution in [0.1, 0.15) is 81.8 Å². The first kappa shape index (κ1) is 30.1. The van der Waals surface area contributed by atoms with Gasteiger partial charge in [-0.25, -0.2) is 0 Å². The van der Waals surface area contributed by atoms with E-state index in [-0.39, 0.29) is 16.2 Å². The molecule has 0 aliphatic heterocycles. The van der Waals surface area contributed by atoms with Gasteiger partial charge in [-0.05, 0) is 118 Å². The van der Waals surface area contributed by atoms with Crippen LogP contribution >= 0.6 is 0 Å². The van der Waals surface area contributed by atoms with Gasteiger partial charge in [0.05, 0.1) is 0 Å². The lowest BCUT2D eigenvalue weighted by atomic mass is 9.78. The van der Waals surface area contributed by atoms with Crippen molar-refractivity contribution < 1.29 is 0 Å². The van der Waals surface area contributed by atoms with Gasteiger partial charge in [0.25, 0.3) is 0 Å². The molecular weight excluding hydrogens is 589 g/mol. The highest BCUT2D eigenvalue weighted by molar-refractivity contribution is 6.11. The second-order valence-electron chi connectivity index (χ2n) is 16.7. The van der Waals surface area contributed by atoms with E-state index in [1.165, 1.54) is 99.4 Å². The van der Waals surface area contributed by atoms with Crippen LogP contribution in [-0.4, -0.2) is 0 Å². The molecule has 0 unspecified atom stereocenters. The molecule has 0 saturated heterocycles. The smallest absolute Gasteiger partial charge is 0.0159 e. The highest BCUT2D eigenvalue weighted by atomic mass is 14.4. The van der Waals surface area contributed by atoms with Crippen molar-refractivity contribution in [3.05, 3.63) is 155 Å². The van der Waals surface area contributed by atoms with Gasteiger partial charge in [-0.15, -0.1) is 0 Å². The molecule has 7 aromatic rings. The maximum absolute atomic E-state index is 2.50. The van der Waals surface area contributed by atoms with Gasteiger partial charge in [-0.2, -0.15) is 0 Å². The molecule has 0 aromatic heterocycles. The summed E-state index contributed by atoms with van der Waals surface area (Å²) in [6.07, 6.45) is 0. The summed E-state index contributed by atoms with van der Waals surface area (Å²) in [7, 11) is 0. The summed E-state index contributed by atoms with van der Waals surface area (Å²) in [4.78, 5) is 0. The third-order valence-corrected chi connectivity index (χ3v) is 11.9. The first-order chi connectivity index (χ1) is 23.4. The van der Waals surface area contributed by atoms with E-state index in [2.05, 4.69) is 177 Å². The molecule has 2 aliphatic carbocycles. The lowest BCUT2D eigenvalue weighted by Gasteiger charge is -2.25. The molecule has 240 valence electrons. The number of benzene rings is 7. The second-order valence-corrected chi connectivity index (χ2v) is 16.7. The standard InChI is InChI=1S/C49H44/c1-29-17-23-37-41(25-29)48(5,6)43-27-39(33-13-9-11-15-35(33)45(37)43)30-18-20-31(21-19-30)40-28-44-46(36-16-12-10-14-34(36)40)38-24-22-32(47(2,3)4)26-42(38)49(44,7)8/h9-28H,1-8H3. The Bertz CT molecular complexity index is 2510. The van der Waals surface area contributed by atoms with E-state index >= 15 is 0 Å². The lowest BCUT2D eigenvalue weighted by Crippen LogP contribution is -2.17. The van der Waals surface area contributed by atoms with Crippen molar-refractivity contribution >= 4 is 21.5 Å². The number of hydrogen-bond donors (Lipinski definition) is 0. The molecule has 0 nitrogen and oxygen atoms in total. The fourth-order valence-electron chi connectivity index (χ4n) is 9.05. The summed E-state index contributed by atoms with van der Waals surface area (Å²) in [5, 5.41) is 5.32. The molecular formula is C49H44. The predicted molar refractivity (Wildman–Crippen MR) is 211 cm³/mol. The minimum Gasteiger partial charge on any atom is -0.0616 e. The molecule has 0 amide bonds. The van der Waals surface area contributed by atoms with Crippen molar-refractivity contribution in [3.63, 3.8) is 0 Å². The molecule has 0 spiro atoms. The summed E-state index contributed by atoms with van der Waals surface area (Å²) >= 11 is 0. The Morgan fingerprint density at radius 3 is 1.31 bits per heavy atom. The Labute approximate surface area is 291 Å². The fourth-order valence-corrected chi connectivity index (χ4v) is 9.05. The Morgan fingerprint density at radius 2 is 0.837 bits per heavy atom. The number of fused-ring (bicyclic) bond motifs is 10. The summed E-state index contributed by atoms with van der Waals surface area (Å²) in [5.41, 5.74) is 19.1. The van der Waals surface area contributed by atoms with Gasteiger partial charge >= 0.3 is 0 Å². The molecule has 0 saturated carbocycles. The molecule has 7 aromatic carbocycles. The van der Waals surface area contributed by atoms with Crippen molar-refractivity contribution in [3.8, 4) is 44.5 Å². The van der Waals surface area contributed by atoms with Crippen LogP contribution in [0.2, 0.25) is 0 Å². The number of hydrogen-bond acceptors (Lipinski definition) is 0. The van der Waals surface area contributed by atoms with Crippen LogP contribution in [-0.2, 0) is 16.2 Å². The maximum Gasteiger partial charge on any atom is 0.0159 e. The van der Waals surface area contributed by atoms with Gasteiger partial charge in [0.1, 0.15) is 0 Å². The second kappa shape index (κ2) is 10.1. The summed E-state index contributed by atoms with van der Waals surface area (Å²) in [6, 6.07) is 46.6. The van der Waals surface area contributed by atoms with Crippen LogP contribution < -0.4 is 0 Å². The van der Waals surface area contributed by atoms with Crippen LogP contribution in [0.4, 0.5) is 0 Å². The summed E-state index contributed by atoms with van der Waals surface area (Å²) in [5.74, 6) is 0. The number of aryl methyl sites for hydroxylation is 1. The van der Waals surface area contributed by atoms with E-state index < -0.39 is 0 Å². The quantitative estimate of drug-likeness (QED) is 0.178. The molecule has 0 fully saturated rings. The van der Waals surface area contributed by atoms with Crippen LogP contribution in [0, 0.1) is 6.92 Å². The van der Waals surface area contributed by atoms with Crippen molar-refractivity contribution in [2.24, 2.45) is 0 Å². The third-order valence-electron chi connectivity index (χ3n) is 11.9. The van der Waals surface area contributed by atoms with Crippen molar-refractivity contribution in [2.45, 2.75) is 71.6 Å². The van der Waals surface area contributed by atoms with Crippen molar-refractivity contribution in [2.75, 3.05) is 0 Å². The maximum atomic E-state index is 2.50. The lowest BCUT2D eigenvalue weighted by molar-refractivity contribution is 0.585. The van der Waals surface area contributed by atoms with E-state index in [4.69, 9.17) is 0 Å². The molecule has 0 heterocycles. The average molecular weight is 633 g/mol. The van der Waals surface area contributed by atoms with Crippen molar-refractivity contribution in [1.82, 2.24) is 0 Å².